The normalized spacial score (nSPS) is 10.9. The maximum Gasteiger partial charge on any atom is 0.294 e. The maximum absolute atomic E-state index is 10.4. The summed E-state index contributed by atoms with van der Waals surface area (Å²) in [6.07, 6.45) is 0. The van der Waals surface area contributed by atoms with Gasteiger partial charge in [0.2, 0.25) is 0 Å². The maximum atomic E-state index is 10.4. The smallest absolute Gasteiger partial charge is 0.294 e. The van der Waals surface area contributed by atoms with E-state index >= 15 is 0 Å². The largest absolute Gasteiger partial charge is 0.699 e. The quantitative estimate of drug-likeness (QED) is 0.473. The number of hydrogen-bond donors (Lipinski definition) is 2. The average Bonchev–Trinajstić information content (AvgIpc) is 2.47. The SMILES string of the molecule is [Cl][Pt+2][Cl].[NH-]c1ccc(S(=O)(=O)O)cc1.[NH-]c1ccc(S(=O)(=O)O)cc1. The minimum absolute atomic E-state index is 0.187. The van der Waals surface area contributed by atoms with Crippen LogP contribution in [0.25, 0.3) is 11.5 Å². The van der Waals surface area contributed by atoms with E-state index in [0.717, 1.165) is 0 Å². The Hall–Kier alpha value is -0.872. The Morgan fingerprint density at radius 1 is 0.680 bits per heavy atom. The van der Waals surface area contributed by atoms with Crippen molar-refractivity contribution in [1.82, 2.24) is 0 Å². The fourth-order valence-corrected chi connectivity index (χ4v) is 2.21. The summed E-state index contributed by atoms with van der Waals surface area (Å²) in [5, 5.41) is 0. The van der Waals surface area contributed by atoms with E-state index in [9.17, 15) is 16.8 Å². The first-order valence-electron chi connectivity index (χ1n) is 5.82. The molecule has 0 unspecified atom stereocenters. The van der Waals surface area contributed by atoms with E-state index in [1.807, 2.05) is 0 Å². The van der Waals surface area contributed by atoms with Crippen LogP contribution in [0.15, 0.2) is 58.3 Å². The van der Waals surface area contributed by atoms with Gasteiger partial charge in [-0.2, -0.15) is 16.8 Å². The average molecular weight is 610 g/mol. The van der Waals surface area contributed by atoms with Crippen LogP contribution >= 0.6 is 18.8 Å². The number of benzene rings is 2. The van der Waals surface area contributed by atoms with E-state index in [1.54, 1.807) is 0 Å². The van der Waals surface area contributed by atoms with Gasteiger partial charge in [0.15, 0.2) is 0 Å². The van der Waals surface area contributed by atoms with E-state index < -0.39 is 36.7 Å². The molecule has 0 aliphatic carbocycles. The van der Waals surface area contributed by atoms with Gasteiger partial charge in [-0.15, -0.1) is 11.4 Å². The summed E-state index contributed by atoms with van der Waals surface area (Å²) < 4.78 is 58.7. The third-order valence-electron chi connectivity index (χ3n) is 2.30. The van der Waals surface area contributed by atoms with Crippen molar-refractivity contribution in [3.63, 3.8) is 0 Å². The van der Waals surface area contributed by atoms with Crippen LogP contribution < -0.4 is 0 Å². The third-order valence-corrected chi connectivity index (χ3v) is 4.04. The van der Waals surface area contributed by atoms with Crippen molar-refractivity contribution in [2.24, 2.45) is 0 Å². The molecule has 0 radical (unpaired) electrons. The topological polar surface area (TPSA) is 156 Å². The van der Waals surface area contributed by atoms with E-state index in [2.05, 4.69) is 0 Å². The third kappa shape index (κ3) is 10.7. The van der Waals surface area contributed by atoms with E-state index in [0.29, 0.717) is 0 Å². The second-order valence-corrected chi connectivity index (χ2v) is 10.2. The van der Waals surface area contributed by atoms with Gasteiger partial charge in [-0.25, -0.2) is 0 Å². The first-order chi connectivity index (χ1) is 11.4. The van der Waals surface area contributed by atoms with Crippen LogP contribution in [0.4, 0.5) is 11.4 Å². The molecule has 142 valence electrons. The molecule has 0 aromatic heterocycles. The molecule has 0 spiro atoms. The van der Waals surface area contributed by atoms with Gasteiger partial charge < -0.3 is 11.5 Å². The molecule has 0 saturated heterocycles. The predicted molar refractivity (Wildman–Crippen MR) is 92.2 cm³/mol. The second-order valence-electron chi connectivity index (χ2n) is 4.04. The van der Waals surface area contributed by atoms with Gasteiger partial charge in [-0.1, -0.05) is 24.3 Å². The van der Waals surface area contributed by atoms with Crippen molar-refractivity contribution in [2.45, 2.75) is 9.79 Å². The van der Waals surface area contributed by atoms with Crippen LogP contribution in [0.2, 0.25) is 0 Å². The number of hydrogen-bond acceptors (Lipinski definition) is 4. The Morgan fingerprint density at radius 2 is 0.880 bits per heavy atom. The van der Waals surface area contributed by atoms with Crippen molar-refractivity contribution in [1.29, 1.82) is 0 Å². The minimum atomic E-state index is -4.10. The van der Waals surface area contributed by atoms with Crippen molar-refractivity contribution in [2.75, 3.05) is 0 Å². The molecule has 0 fully saturated rings. The molecular formula is C12H12Cl2N2O6PtS2. The summed E-state index contributed by atoms with van der Waals surface area (Å²) in [5.41, 5.74) is 14.5. The molecule has 2 aromatic rings. The first kappa shape index (κ1) is 24.1. The summed E-state index contributed by atoms with van der Waals surface area (Å²) in [6, 6.07) is 9.89. The zero-order valence-corrected chi connectivity index (χ0v) is 17.5. The monoisotopic (exact) mass is 609 g/mol. The molecule has 13 heteroatoms. The first-order valence-corrected chi connectivity index (χ1v) is 14.3. The van der Waals surface area contributed by atoms with Crippen LogP contribution in [0.5, 0.6) is 0 Å². The zero-order chi connectivity index (χ0) is 19.7. The van der Waals surface area contributed by atoms with Crippen LogP contribution in [-0.4, -0.2) is 25.9 Å². The Labute approximate surface area is 162 Å². The second kappa shape index (κ2) is 11.0. The standard InChI is InChI=1S/2C6H6NO3S.2ClH.Pt/c2*7-5-1-3-6(4-2-5)11(8,9)10;;;/h2*1-4,7H,(H,8,9,10);2*1H;/q2*-1;;;+4/p-2. The van der Waals surface area contributed by atoms with Gasteiger partial charge in [0.05, 0.1) is 9.79 Å². The van der Waals surface area contributed by atoms with Crippen molar-refractivity contribution in [3.8, 4) is 0 Å². The number of halogens is 2. The Bertz CT molecular complexity index is 786. The molecule has 0 atom stereocenters. The van der Waals surface area contributed by atoms with E-state index in [1.165, 1.54) is 48.5 Å². The molecule has 4 N–H and O–H groups in total. The molecule has 25 heavy (non-hydrogen) atoms. The molecule has 2 rings (SSSR count). The Balaban J connectivity index is 0.000000399. The van der Waals surface area contributed by atoms with Crippen molar-refractivity contribution in [3.05, 3.63) is 60.0 Å². The fraction of sp³-hybridized carbons (Fsp3) is 0. The number of rotatable bonds is 2. The van der Waals surface area contributed by atoms with Crippen LogP contribution in [-0.2, 0) is 36.7 Å². The zero-order valence-electron chi connectivity index (χ0n) is 12.0. The summed E-state index contributed by atoms with van der Waals surface area (Å²) in [6.45, 7) is 0. The molecular weight excluding hydrogens is 598 g/mol. The number of nitrogens with one attached hydrogen (secondary N) is 2. The van der Waals surface area contributed by atoms with Gasteiger partial charge in [0, 0.05) is 0 Å². The molecule has 0 bridgehead atoms. The molecule has 0 heterocycles. The van der Waals surface area contributed by atoms with Gasteiger partial charge in [0.1, 0.15) is 0 Å². The fourth-order valence-electron chi connectivity index (χ4n) is 1.25. The van der Waals surface area contributed by atoms with Gasteiger partial charge >= 0.3 is 35.3 Å². The summed E-state index contributed by atoms with van der Waals surface area (Å²) >= 11 is -0.472. The van der Waals surface area contributed by atoms with Crippen molar-refractivity contribution >= 4 is 50.4 Å². The molecule has 0 amide bonds. The molecule has 0 aliphatic heterocycles. The van der Waals surface area contributed by atoms with Crippen LogP contribution in [0.3, 0.4) is 0 Å². The van der Waals surface area contributed by atoms with Crippen LogP contribution in [0.1, 0.15) is 0 Å². The Morgan fingerprint density at radius 3 is 1.04 bits per heavy atom. The summed E-state index contributed by atoms with van der Waals surface area (Å²) in [7, 11) is 1.54. The van der Waals surface area contributed by atoms with Gasteiger partial charge in [-0.3, -0.25) is 9.11 Å². The minimum Gasteiger partial charge on any atom is -0.699 e. The van der Waals surface area contributed by atoms with E-state index in [-0.39, 0.29) is 21.2 Å². The van der Waals surface area contributed by atoms with E-state index in [4.69, 9.17) is 39.4 Å². The summed E-state index contributed by atoms with van der Waals surface area (Å²) in [4.78, 5) is -0.373. The van der Waals surface area contributed by atoms with Gasteiger partial charge in [-0.05, 0) is 24.3 Å². The van der Waals surface area contributed by atoms with Gasteiger partial charge in [0.25, 0.3) is 20.2 Å². The van der Waals surface area contributed by atoms with Crippen LogP contribution in [0, 0.1) is 0 Å². The molecule has 8 nitrogen and oxygen atoms in total. The molecule has 0 aliphatic rings. The molecule has 2 aromatic carbocycles. The summed E-state index contributed by atoms with van der Waals surface area (Å²) in [5.74, 6) is 0. The molecule has 0 saturated carbocycles. The Kier molecular flexibility index (Phi) is 10.6. The predicted octanol–water partition coefficient (Wildman–Crippen LogP) is 4.61. The van der Waals surface area contributed by atoms with Crippen molar-refractivity contribution < 1.29 is 42.4 Å².